The third-order valence-electron chi connectivity index (χ3n) is 3.39. The molecule has 2 rings (SSSR count). The van der Waals surface area contributed by atoms with Crippen LogP contribution in [0.4, 0.5) is 0 Å². The van der Waals surface area contributed by atoms with E-state index < -0.39 is 0 Å². The molecule has 0 aromatic rings. The molecule has 1 unspecified atom stereocenters. The molecule has 0 aromatic carbocycles. The Hall–Kier alpha value is 0.460. The van der Waals surface area contributed by atoms with E-state index in [1.807, 2.05) is 0 Å². The first-order valence-electron chi connectivity index (χ1n) is 5.55. The standard InChI is InChI=1S/C10H20N3.In/c1-4-10(11-2)9-13-7-5-12(3)6-8-13;/h1,10H,4-9H2,2-3H3;/q-1;+1. The average Bonchev–Trinajstić information content (AvgIpc) is 2.56. The molecule has 78 valence electrons. The summed E-state index contributed by atoms with van der Waals surface area (Å²) < 4.78 is 5.25. The van der Waals surface area contributed by atoms with Gasteiger partial charge in [0.25, 0.3) is 0 Å². The van der Waals surface area contributed by atoms with Crippen LogP contribution in [0, 0.1) is 0 Å². The van der Waals surface area contributed by atoms with Gasteiger partial charge in [-0.1, -0.05) is 0 Å². The van der Waals surface area contributed by atoms with Gasteiger partial charge >= 0.3 is 98.4 Å². The van der Waals surface area contributed by atoms with E-state index in [-0.39, 0.29) is 22.7 Å². The van der Waals surface area contributed by atoms with Crippen molar-refractivity contribution in [1.82, 2.24) is 12.7 Å². The summed E-state index contributed by atoms with van der Waals surface area (Å²) in [6.07, 6.45) is 1.37. The Balaban J connectivity index is 1.75. The van der Waals surface area contributed by atoms with Crippen molar-refractivity contribution in [1.29, 1.82) is 0 Å². The molecule has 0 N–H and O–H groups in total. The molecule has 1 saturated heterocycles. The summed E-state index contributed by atoms with van der Waals surface area (Å²) in [5.41, 5.74) is 0. The van der Waals surface area contributed by atoms with Gasteiger partial charge in [0.1, 0.15) is 0 Å². The first-order valence-corrected chi connectivity index (χ1v) is 8.93. The third kappa shape index (κ3) is 2.74. The molecule has 4 heteroatoms. The van der Waals surface area contributed by atoms with Gasteiger partial charge in [0.15, 0.2) is 0 Å². The predicted molar refractivity (Wildman–Crippen MR) is 61.9 cm³/mol. The van der Waals surface area contributed by atoms with Gasteiger partial charge in [-0.3, -0.25) is 0 Å². The second-order valence-corrected chi connectivity index (χ2v) is 9.06. The van der Waals surface area contributed by atoms with Gasteiger partial charge in [-0.25, -0.2) is 0 Å². The fourth-order valence-electron chi connectivity index (χ4n) is 2.20. The molecule has 0 radical (unpaired) electrons. The van der Waals surface area contributed by atoms with Crippen LogP contribution in [0.2, 0.25) is 0 Å². The quantitative estimate of drug-likeness (QED) is 0.671. The molecule has 2 aliphatic heterocycles. The van der Waals surface area contributed by atoms with Gasteiger partial charge in [0, 0.05) is 0 Å². The third-order valence-corrected chi connectivity index (χ3v) is 7.31. The Morgan fingerprint density at radius 2 is 1.93 bits per heavy atom. The van der Waals surface area contributed by atoms with E-state index >= 15 is 0 Å². The van der Waals surface area contributed by atoms with E-state index in [2.05, 4.69) is 30.5 Å². The van der Waals surface area contributed by atoms with Crippen molar-refractivity contribution < 1.29 is 0 Å². The minimum absolute atomic E-state index is 0.387. The predicted octanol–water partition coefficient (Wildman–Crippen LogP) is -0.641. The Kier molecular flexibility index (Phi) is 3.91. The first-order chi connectivity index (χ1) is 6.75. The number of hydrogen-bond donors (Lipinski definition) is 0. The van der Waals surface area contributed by atoms with Crippen molar-refractivity contribution >= 4 is 26.5 Å². The summed E-state index contributed by atoms with van der Waals surface area (Å²) in [7, 11) is 4.55. The van der Waals surface area contributed by atoms with Crippen molar-refractivity contribution in [3.8, 4) is 0 Å². The second kappa shape index (κ2) is 4.99. The maximum atomic E-state index is 2.66. The number of rotatable bonds is 2. The normalized spacial score (nSPS) is 29.6. The van der Waals surface area contributed by atoms with Gasteiger partial charge in [-0.15, -0.1) is 0 Å². The molecule has 0 aromatic heterocycles. The van der Waals surface area contributed by atoms with Crippen molar-refractivity contribution in [2.45, 2.75) is 12.5 Å². The topological polar surface area (TPSA) is 9.72 Å². The molecule has 3 nitrogen and oxygen atoms in total. The Bertz CT molecular complexity index is 211. The fourth-order valence-corrected chi connectivity index (χ4v) is 5.71. The van der Waals surface area contributed by atoms with E-state index in [1.165, 1.54) is 39.1 Å². The molecule has 0 aliphatic carbocycles. The summed E-state index contributed by atoms with van der Waals surface area (Å²) in [6, 6.07) is 0.861. The zero-order valence-electron chi connectivity index (χ0n) is 9.32. The van der Waals surface area contributed by atoms with Crippen molar-refractivity contribution in [2.24, 2.45) is 0 Å². The van der Waals surface area contributed by atoms with Gasteiger partial charge in [-0.2, -0.15) is 0 Å². The van der Waals surface area contributed by atoms with Gasteiger partial charge in [0.2, 0.25) is 0 Å². The minimum atomic E-state index is -0.387. The molecule has 0 spiro atoms. The van der Waals surface area contributed by atoms with Crippen LogP contribution in [0.15, 0.2) is 0 Å². The van der Waals surface area contributed by atoms with E-state index in [9.17, 15) is 0 Å². The molecule has 1 atom stereocenters. The zero-order valence-corrected chi connectivity index (χ0v) is 12.6. The van der Waals surface area contributed by atoms with E-state index in [0.29, 0.717) is 0 Å². The monoisotopic (exact) mass is 297 g/mol. The number of nitrogens with zero attached hydrogens (tertiary/aromatic N) is 3. The maximum absolute atomic E-state index is 2.66. The van der Waals surface area contributed by atoms with Crippen LogP contribution in [0.3, 0.4) is 0 Å². The molecule has 1 fully saturated rings. The first kappa shape index (κ1) is 11.0. The molecular formula is C10H20InN3. The van der Waals surface area contributed by atoms with Gasteiger partial charge in [-0.05, 0) is 0 Å². The zero-order chi connectivity index (χ0) is 9.97. The van der Waals surface area contributed by atoms with Crippen LogP contribution < -0.4 is 0 Å². The molecule has 2 heterocycles. The Morgan fingerprint density at radius 3 is 2.50 bits per heavy atom. The summed E-state index contributed by atoms with van der Waals surface area (Å²) in [4.78, 5) is 5.07. The van der Waals surface area contributed by atoms with Crippen molar-refractivity contribution in [3.63, 3.8) is 0 Å². The van der Waals surface area contributed by atoms with E-state index in [1.54, 1.807) is 0 Å². The van der Waals surface area contributed by atoms with Crippen LogP contribution in [-0.2, 0) is 0 Å². The van der Waals surface area contributed by atoms with Crippen molar-refractivity contribution in [2.75, 3.05) is 46.8 Å². The Labute approximate surface area is 98.3 Å². The SMILES string of the molecule is CN1CCN(CC2C[CH]=[In][N]2C)CC1. The van der Waals surface area contributed by atoms with Crippen LogP contribution in [0.1, 0.15) is 6.42 Å². The van der Waals surface area contributed by atoms with Crippen LogP contribution >= 0.6 is 0 Å². The van der Waals surface area contributed by atoms with Crippen LogP contribution in [-0.4, -0.2) is 92.0 Å². The number of likely N-dealkylation sites (N-methyl/N-ethyl adjacent to an activating group) is 2. The van der Waals surface area contributed by atoms with E-state index in [4.69, 9.17) is 0 Å². The number of hydrogen-bond acceptors (Lipinski definition) is 3. The molecule has 0 amide bonds. The van der Waals surface area contributed by atoms with Crippen molar-refractivity contribution in [3.05, 3.63) is 0 Å². The summed E-state index contributed by atoms with van der Waals surface area (Å²) >= 11 is -0.387. The summed E-state index contributed by atoms with van der Waals surface area (Å²) in [5.74, 6) is 0. The molecule has 14 heavy (non-hydrogen) atoms. The van der Waals surface area contributed by atoms with Gasteiger partial charge in [0.05, 0.1) is 0 Å². The summed E-state index contributed by atoms with van der Waals surface area (Å²) in [5, 5.41) is 0. The van der Waals surface area contributed by atoms with Gasteiger partial charge < -0.3 is 0 Å². The fraction of sp³-hybridized carbons (Fsp3) is 0.900. The average molecular weight is 297 g/mol. The number of piperazine rings is 1. The molecular weight excluding hydrogens is 277 g/mol. The second-order valence-electron chi connectivity index (χ2n) is 4.54. The summed E-state index contributed by atoms with van der Waals surface area (Å²) in [6.45, 7) is 6.36. The molecule has 0 bridgehead atoms. The Morgan fingerprint density at radius 1 is 1.21 bits per heavy atom. The van der Waals surface area contributed by atoms with Crippen LogP contribution in [0.25, 0.3) is 0 Å². The molecule has 2 aliphatic rings. The van der Waals surface area contributed by atoms with E-state index in [0.717, 1.165) is 6.04 Å². The molecule has 0 saturated carbocycles. The van der Waals surface area contributed by atoms with Crippen LogP contribution in [0.5, 0.6) is 0 Å².